The molecule has 0 saturated carbocycles. The molecule has 2 aromatic rings. The molecule has 5 heteroatoms. The van der Waals surface area contributed by atoms with Gasteiger partial charge < -0.3 is 14.4 Å². The summed E-state index contributed by atoms with van der Waals surface area (Å²) in [5.41, 5.74) is 1.52. The average Bonchev–Trinajstić information content (AvgIpc) is 2.69. The fraction of sp³-hybridized carbons (Fsp3) is 0.480. The Morgan fingerprint density at radius 1 is 1.13 bits per heavy atom. The molecule has 162 valence electrons. The molecule has 1 heterocycles. The first-order valence-corrected chi connectivity index (χ1v) is 10.7. The maximum atomic E-state index is 13.9. The van der Waals surface area contributed by atoms with E-state index in [1.807, 2.05) is 45.9 Å². The van der Waals surface area contributed by atoms with Gasteiger partial charge >= 0.3 is 6.09 Å². The second-order valence-electron chi connectivity index (χ2n) is 8.95. The van der Waals surface area contributed by atoms with Crippen LogP contribution in [0.15, 0.2) is 48.5 Å². The van der Waals surface area contributed by atoms with Gasteiger partial charge in [-0.15, -0.1) is 0 Å². The number of piperidine rings is 1. The van der Waals surface area contributed by atoms with Crippen LogP contribution in [0.25, 0.3) is 0 Å². The predicted octanol–water partition coefficient (Wildman–Crippen LogP) is 5.78. The van der Waals surface area contributed by atoms with Gasteiger partial charge in [-0.3, -0.25) is 0 Å². The normalized spacial score (nSPS) is 19.4. The molecule has 4 nitrogen and oxygen atoms in total. The van der Waals surface area contributed by atoms with Crippen LogP contribution in [-0.2, 0) is 17.6 Å². The number of hydrogen-bond acceptors (Lipinski definition) is 3. The monoisotopic (exact) mass is 413 g/mol. The first-order valence-electron chi connectivity index (χ1n) is 10.7. The Labute approximate surface area is 179 Å². The van der Waals surface area contributed by atoms with Crippen molar-refractivity contribution < 1.29 is 18.7 Å². The highest BCUT2D eigenvalue weighted by Gasteiger charge is 2.35. The van der Waals surface area contributed by atoms with Crippen molar-refractivity contribution >= 4 is 6.09 Å². The number of rotatable bonds is 5. The largest absolute Gasteiger partial charge is 0.488 e. The third-order valence-corrected chi connectivity index (χ3v) is 5.37. The number of carbonyl (C=O) groups is 1. The van der Waals surface area contributed by atoms with Crippen molar-refractivity contribution in [3.8, 4) is 5.75 Å². The molecular formula is C25H32FNO3. The number of benzene rings is 2. The predicted molar refractivity (Wildman–Crippen MR) is 116 cm³/mol. The van der Waals surface area contributed by atoms with Gasteiger partial charge in [0, 0.05) is 6.54 Å². The molecule has 3 rings (SSSR count). The van der Waals surface area contributed by atoms with Gasteiger partial charge in [0.2, 0.25) is 0 Å². The van der Waals surface area contributed by atoms with Gasteiger partial charge in [0.1, 0.15) is 23.3 Å². The number of aryl methyl sites for hydroxylation is 2. The maximum absolute atomic E-state index is 13.9. The van der Waals surface area contributed by atoms with Crippen molar-refractivity contribution in [2.24, 2.45) is 0 Å². The lowest BCUT2D eigenvalue weighted by Crippen LogP contribution is -2.52. The SMILES string of the molecule is CC1C(Oc2ccc(F)cc2CCc2ccccc2)CCCN1C(=O)OC(C)(C)C. The lowest BCUT2D eigenvalue weighted by atomic mass is 9.99. The molecule has 30 heavy (non-hydrogen) atoms. The molecule has 0 aromatic heterocycles. The summed E-state index contributed by atoms with van der Waals surface area (Å²) in [5.74, 6) is 0.424. The lowest BCUT2D eigenvalue weighted by molar-refractivity contribution is -0.0120. The zero-order chi connectivity index (χ0) is 21.7. The van der Waals surface area contributed by atoms with E-state index in [1.54, 1.807) is 17.0 Å². The lowest BCUT2D eigenvalue weighted by Gasteiger charge is -2.39. The molecule has 1 saturated heterocycles. The van der Waals surface area contributed by atoms with Crippen molar-refractivity contribution in [3.05, 3.63) is 65.5 Å². The van der Waals surface area contributed by atoms with Crippen LogP contribution >= 0.6 is 0 Å². The van der Waals surface area contributed by atoms with Gasteiger partial charge in [-0.05, 0) is 82.7 Å². The molecule has 2 unspecified atom stereocenters. The number of hydrogen-bond donors (Lipinski definition) is 0. The zero-order valence-corrected chi connectivity index (χ0v) is 18.4. The topological polar surface area (TPSA) is 38.8 Å². The van der Waals surface area contributed by atoms with E-state index >= 15 is 0 Å². The van der Waals surface area contributed by atoms with Crippen LogP contribution in [0.1, 0.15) is 51.7 Å². The summed E-state index contributed by atoms with van der Waals surface area (Å²) in [7, 11) is 0. The summed E-state index contributed by atoms with van der Waals surface area (Å²) in [6.45, 7) is 8.24. The van der Waals surface area contributed by atoms with Crippen molar-refractivity contribution in [2.75, 3.05) is 6.54 Å². The Balaban J connectivity index is 1.71. The Morgan fingerprint density at radius 3 is 2.57 bits per heavy atom. The van der Waals surface area contributed by atoms with Crippen LogP contribution in [0.2, 0.25) is 0 Å². The minimum Gasteiger partial charge on any atom is -0.488 e. The van der Waals surface area contributed by atoms with E-state index in [1.165, 1.54) is 11.6 Å². The van der Waals surface area contributed by atoms with Gasteiger partial charge in [-0.25, -0.2) is 9.18 Å². The number of carbonyl (C=O) groups excluding carboxylic acids is 1. The number of nitrogens with zero attached hydrogens (tertiary/aromatic N) is 1. The summed E-state index contributed by atoms with van der Waals surface area (Å²) in [5, 5.41) is 0. The summed E-state index contributed by atoms with van der Waals surface area (Å²) < 4.78 is 25.8. The molecule has 2 aromatic carbocycles. The minimum absolute atomic E-state index is 0.124. The van der Waals surface area contributed by atoms with E-state index in [0.717, 1.165) is 24.8 Å². The minimum atomic E-state index is -0.536. The third kappa shape index (κ3) is 5.97. The number of ether oxygens (including phenoxy) is 2. The Kier molecular flexibility index (Phi) is 7.01. The second kappa shape index (κ2) is 9.50. The van der Waals surface area contributed by atoms with Crippen LogP contribution in [0.3, 0.4) is 0 Å². The smallest absolute Gasteiger partial charge is 0.410 e. The fourth-order valence-electron chi connectivity index (χ4n) is 3.79. The Bertz CT molecular complexity index is 847. The van der Waals surface area contributed by atoms with E-state index < -0.39 is 5.60 Å². The van der Waals surface area contributed by atoms with Gasteiger partial charge in [0.15, 0.2) is 0 Å². The van der Waals surface area contributed by atoms with E-state index in [0.29, 0.717) is 18.7 Å². The molecule has 2 atom stereocenters. The van der Waals surface area contributed by atoms with E-state index in [9.17, 15) is 9.18 Å². The maximum Gasteiger partial charge on any atom is 0.410 e. The fourth-order valence-corrected chi connectivity index (χ4v) is 3.79. The highest BCUT2D eigenvalue weighted by molar-refractivity contribution is 5.68. The van der Waals surface area contributed by atoms with Crippen LogP contribution in [0, 0.1) is 5.82 Å². The van der Waals surface area contributed by atoms with Crippen molar-refractivity contribution in [3.63, 3.8) is 0 Å². The molecule has 1 aliphatic heterocycles. The molecule has 0 radical (unpaired) electrons. The molecule has 1 amide bonds. The molecule has 0 spiro atoms. The molecular weight excluding hydrogens is 381 g/mol. The second-order valence-corrected chi connectivity index (χ2v) is 8.95. The zero-order valence-electron chi connectivity index (χ0n) is 18.4. The van der Waals surface area contributed by atoms with Crippen molar-refractivity contribution in [2.45, 2.75) is 71.1 Å². The van der Waals surface area contributed by atoms with Gasteiger partial charge in [0.25, 0.3) is 0 Å². The molecule has 1 fully saturated rings. The Morgan fingerprint density at radius 2 is 1.87 bits per heavy atom. The summed E-state index contributed by atoms with van der Waals surface area (Å²) in [4.78, 5) is 14.3. The summed E-state index contributed by atoms with van der Waals surface area (Å²) in [6.07, 6.45) is 2.71. The molecule has 0 aliphatic carbocycles. The van der Waals surface area contributed by atoms with Crippen molar-refractivity contribution in [1.29, 1.82) is 0 Å². The number of likely N-dealkylation sites (tertiary alicyclic amines) is 1. The van der Waals surface area contributed by atoms with Gasteiger partial charge in [-0.1, -0.05) is 30.3 Å². The first-order chi connectivity index (χ1) is 14.2. The van der Waals surface area contributed by atoms with Crippen LogP contribution in [0.5, 0.6) is 5.75 Å². The highest BCUT2D eigenvalue weighted by Crippen LogP contribution is 2.28. The summed E-state index contributed by atoms with van der Waals surface area (Å²) >= 11 is 0. The quantitative estimate of drug-likeness (QED) is 0.624. The highest BCUT2D eigenvalue weighted by atomic mass is 19.1. The van der Waals surface area contributed by atoms with Gasteiger partial charge in [-0.2, -0.15) is 0 Å². The third-order valence-electron chi connectivity index (χ3n) is 5.37. The van der Waals surface area contributed by atoms with Crippen LogP contribution in [-0.4, -0.2) is 35.3 Å². The van der Waals surface area contributed by atoms with Crippen LogP contribution < -0.4 is 4.74 Å². The van der Waals surface area contributed by atoms with Gasteiger partial charge in [0.05, 0.1) is 6.04 Å². The van der Waals surface area contributed by atoms with E-state index in [2.05, 4.69) is 12.1 Å². The number of amides is 1. The number of halogens is 1. The van der Waals surface area contributed by atoms with Crippen LogP contribution in [0.4, 0.5) is 9.18 Å². The van der Waals surface area contributed by atoms with E-state index in [-0.39, 0.29) is 24.1 Å². The molecule has 0 N–H and O–H groups in total. The van der Waals surface area contributed by atoms with Crippen molar-refractivity contribution in [1.82, 2.24) is 4.90 Å². The first kappa shape index (κ1) is 22.1. The molecule has 0 bridgehead atoms. The average molecular weight is 414 g/mol. The standard InChI is InChI=1S/C25H32FNO3/c1-18-22(11-8-16-27(18)24(28)30-25(2,3)4)29-23-15-14-21(26)17-20(23)13-12-19-9-6-5-7-10-19/h5-7,9-10,14-15,17-18,22H,8,11-13,16H2,1-4H3. The molecule has 1 aliphatic rings. The summed E-state index contributed by atoms with van der Waals surface area (Å²) in [6, 6.07) is 14.7. The van der Waals surface area contributed by atoms with E-state index in [4.69, 9.17) is 9.47 Å². The Hall–Kier alpha value is -2.56.